The first-order valence-electron chi connectivity index (χ1n) is 12.8. The van der Waals surface area contributed by atoms with Crippen LogP contribution < -0.4 is 5.32 Å². The van der Waals surface area contributed by atoms with Gasteiger partial charge in [-0.1, -0.05) is 18.2 Å². The number of rotatable bonds is 9. The van der Waals surface area contributed by atoms with Crippen molar-refractivity contribution < 1.29 is 19.1 Å². The Kier molecular flexibility index (Phi) is 8.84. The minimum Gasteiger partial charge on any atom is -0.460 e. The Morgan fingerprint density at radius 2 is 1.76 bits per heavy atom. The third-order valence-corrected chi connectivity index (χ3v) is 5.60. The van der Waals surface area contributed by atoms with Crippen LogP contribution in [0.5, 0.6) is 0 Å². The zero-order valence-corrected chi connectivity index (χ0v) is 23.1. The number of carbonyl (C=O) groups is 2. The fraction of sp³-hybridized carbons (Fsp3) is 0.483. The van der Waals surface area contributed by atoms with Crippen molar-refractivity contribution in [1.29, 1.82) is 0 Å². The second-order valence-corrected chi connectivity index (χ2v) is 11.4. The largest absolute Gasteiger partial charge is 0.460 e. The van der Waals surface area contributed by atoms with E-state index in [1.54, 1.807) is 11.9 Å². The summed E-state index contributed by atoms with van der Waals surface area (Å²) in [7, 11) is 1.71. The molecule has 8 heteroatoms. The lowest BCUT2D eigenvalue weighted by atomic mass is 9.94. The number of ether oxygens (including phenoxy) is 2. The van der Waals surface area contributed by atoms with Crippen LogP contribution >= 0.6 is 0 Å². The van der Waals surface area contributed by atoms with Crippen molar-refractivity contribution >= 4 is 29.2 Å². The molecule has 3 rings (SSSR count). The third-order valence-electron chi connectivity index (χ3n) is 5.60. The summed E-state index contributed by atoms with van der Waals surface area (Å²) in [6.07, 6.45) is 5.18. The molecular weight excluding hydrogens is 468 g/mol. The van der Waals surface area contributed by atoms with E-state index in [9.17, 15) is 9.59 Å². The van der Waals surface area contributed by atoms with E-state index in [0.29, 0.717) is 25.8 Å². The summed E-state index contributed by atoms with van der Waals surface area (Å²) < 4.78 is 13.1. The van der Waals surface area contributed by atoms with Gasteiger partial charge >= 0.3 is 12.1 Å². The molecule has 1 aromatic carbocycles. The van der Waals surface area contributed by atoms with E-state index < -0.39 is 11.2 Å². The van der Waals surface area contributed by atoms with E-state index in [2.05, 4.69) is 10.3 Å². The number of hydrogen-bond acceptors (Lipinski definition) is 6. The SMILES string of the molecule is CN(CCCC(Cc1cccc(Nc2ncc3ccccn23)c1)C(=O)OC(C)(C)C)C(=O)OC(C)(C)C. The van der Waals surface area contributed by atoms with Crippen LogP contribution in [0.3, 0.4) is 0 Å². The summed E-state index contributed by atoms with van der Waals surface area (Å²) in [6.45, 7) is 11.6. The molecule has 3 aromatic rings. The quantitative estimate of drug-likeness (QED) is 0.345. The summed E-state index contributed by atoms with van der Waals surface area (Å²) in [5, 5.41) is 3.37. The normalized spacial score (nSPS) is 12.7. The molecule has 0 saturated heterocycles. The molecule has 1 N–H and O–H groups in total. The number of nitrogens with one attached hydrogen (secondary N) is 1. The Hall–Kier alpha value is -3.55. The number of anilines is 2. The lowest BCUT2D eigenvalue weighted by Gasteiger charge is -2.26. The Morgan fingerprint density at radius 3 is 2.46 bits per heavy atom. The monoisotopic (exact) mass is 508 g/mol. The van der Waals surface area contributed by atoms with Crippen LogP contribution in [0.1, 0.15) is 59.9 Å². The van der Waals surface area contributed by atoms with Crippen molar-refractivity contribution in [3.63, 3.8) is 0 Å². The van der Waals surface area contributed by atoms with E-state index >= 15 is 0 Å². The van der Waals surface area contributed by atoms with Crippen molar-refractivity contribution in [2.45, 2.75) is 72.0 Å². The van der Waals surface area contributed by atoms with E-state index in [1.807, 2.05) is 101 Å². The first kappa shape index (κ1) is 28.0. The van der Waals surface area contributed by atoms with Crippen LogP contribution in [0.15, 0.2) is 54.9 Å². The molecule has 0 aliphatic rings. The Labute approximate surface area is 220 Å². The number of aromatic nitrogens is 2. The molecule has 0 radical (unpaired) electrons. The summed E-state index contributed by atoms with van der Waals surface area (Å²) in [6, 6.07) is 13.9. The van der Waals surface area contributed by atoms with Gasteiger partial charge in [0, 0.05) is 25.5 Å². The molecule has 1 amide bonds. The molecule has 1 unspecified atom stereocenters. The number of pyridine rings is 1. The highest BCUT2D eigenvalue weighted by atomic mass is 16.6. The molecule has 0 saturated carbocycles. The summed E-state index contributed by atoms with van der Waals surface area (Å²) in [5.74, 6) is 0.153. The standard InChI is InChI=1S/C29H40N4O4/c1-28(2,3)36-25(34)22(13-11-16-32(7)27(35)37-29(4,5)6)18-21-12-10-14-23(19-21)31-26-30-20-24-15-8-9-17-33(24)26/h8-10,12,14-15,17,19-20,22H,11,13,16,18H2,1-7H3,(H,30,31). The van der Waals surface area contributed by atoms with Gasteiger partial charge in [-0.15, -0.1) is 0 Å². The maximum absolute atomic E-state index is 13.1. The first-order chi connectivity index (χ1) is 17.3. The lowest BCUT2D eigenvalue weighted by Crippen LogP contribution is -2.35. The Bertz CT molecular complexity index is 1210. The average Bonchev–Trinajstić information content (AvgIpc) is 3.19. The number of benzene rings is 1. The van der Waals surface area contributed by atoms with E-state index in [0.717, 1.165) is 22.7 Å². The maximum atomic E-state index is 13.1. The molecule has 2 heterocycles. The summed E-state index contributed by atoms with van der Waals surface area (Å²) in [4.78, 5) is 31.4. The molecule has 8 nitrogen and oxygen atoms in total. The molecule has 37 heavy (non-hydrogen) atoms. The second-order valence-electron chi connectivity index (χ2n) is 11.4. The van der Waals surface area contributed by atoms with Crippen LogP contribution in [0.25, 0.3) is 5.52 Å². The second kappa shape index (κ2) is 11.7. The maximum Gasteiger partial charge on any atom is 0.410 e. The van der Waals surface area contributed by atoms with Crippen molar-refractivity contribution in [1.82, 2.24) is 14.3 Å². The van der Waals surface area contributed by atoms with Gasteiger partial charge in [0.05, 0.1) is 17.6 Å². The zero-order valence-electron chi connectivity index (χ0n) is 23.1. The van der Waals surface area contributed by atoms with Gasteiger partial charge in [-0.3, -0.25) is 9.20 Å². The van der Waals surface area contributed by atoms with E-state index in [4.69, 9.17) is 9.47 Å². The molecule has 0 aliphatic carbocycles. The predicted octanol–water partition coefficient (Wildman–Crippen LogP) is 6.23. The molecule has 0 fully saturated rings. The predicted molar refractivity (Wildman–Crippen MR) is 146 cm³/mol. The average molecular weight is 509 g/mol. The van der Waals surface area contributed by atoms with Crippen LogP contribution in [-0.2, 0) is 20.7 Å². The van der Waals surface area contributed by atoms with E-state index in [-0.39, 0.29) is 18.0 Å². The van der Waals surface area contributed by atoms with Crippen LogP contribution in [-0.4, -0.2) is 51.1 Å². The molecule has 2 aromatic heterocycles. The topological polar surface area (TPSA) is 85.2 Å². The van der Waals surface area contributed by atoms with Gasteiger partial charge in [-0.25, -0.2) is 9.78 Å². The number of esters is 1. The van der Waals surface area contributed by atoms with Crippen molar-refractivity contribution in [3.8, 4) is 0 Å². The molecule has 0 spiro atoms. The highest BCUT2D eigenvalue weighted by Gasteiger charge is 2.26. The summed E-state index contributed by atoms with van der Waals surface area (Å²) in [5.41, 5.74) is 1.78. The number of amides is 1. The lowest BCUT2D eigenvalue weighted by molar-refractivity contribution is -0.160. The van der Waals surface area contributed by atoms with Gasteiger partial charge in [0.25, 0.3) is 0 Å². The molecular formula is C29H40N4O4. The molecule has 0 bridgehead atoms. The number of fused-ring (bicyclic) bond motifs is 1. The molecule has 1 atom stereocenters. The minimum absolute atomic E-state index is 0.231. The van der Waals surface area contributed by atoms with Gasteiger partial charge in [0.1, 0.15) is 11.2 Å². The highest BCUT2D eigenvalue weighted by molar-refractivity contribution is 5.73. The third kappa shape index (κ3) is 8.81. The Balaban J connectivity index is 1.68. The van der Waals surface area contributed by atoms with Gasteiger partial charge in [-0.05, 0) is 90.6 Å². The van der Waals surface area contributed by atoms with Gasteiger partial charge in [0.15, 0.2) is 0 Å². The fourth-order valence-electron chi connectivity index (χ4n) is 3.92. The smallest absolute Gasteiger partial charge is 0.410 e. The van der Waals surface area contributed by atoms with E-state index in [1.165, 1.54) is 0 Å². The van der Waals surface area contributed by atoms with Gasteiger partial charge in [-0.2, -0.15) is 0 Å². The van der Waals surface area contributed by atoms with Crippen LogP contribution in [0.2, 0.25) is 0 Å². The highest BCUT2D eigenvalue weighted by Crippen LogP contribution is 2.24. The number of carbonyl (C=O) groups excluding carboxylic acids is 2. The van der Waals surface area contributed by atoms with Crippen LogP contribution in [0.4, 0.5) is 16.4 Å². The number of nitrogens with zero attached hydrogens (tertiary/aromatic N) is 3. The van der Waals surface area contributed by atoms with Crippen molar-refractivity contribution in [2.75, 3.05) is 18.9 Å². The van der Waals surface area contributed by atoms with Gasteiger partial charge in [0.2, 0.25) is 5.95 Å². The molecule has 0 aliphatic heterocycles. The molecule has 200 valence electrons. The van der Waals surface area contributed by atoms with Gasteiger partial charge < -0.3 is 19.7 Å². The summed E-state index contributed by atoms with van der Waals surface area (Å²) >= 11 is 0. The van der Waals surface area contributed by atoms with Crippen molar-refractivity contribution in [3.05, 3.63) is 60.4 Å². The Morgan fingerprint density at radius 1 is 1.03 bits per heavy atom. The fourth-order valence-corrected chi connectivity index (χ4v) is 3.92. The first-order valence-corrected chi connectivity index (χ1v) is 12.8. The van der Waals surface area contributed by atoms with Crippen LogP contribution in [0, 0.1) is 5.92 Å². The zero-order chi connectivity index (χ0) is 27.2. The number of hydrogen-bond donors (Lipinski definition) is 1. The van der Waals surface area contributed by atoms with Crippen molar-refractivity contribution in [2.24, 2.45) is 5.92 Å². The minimum atomic E-state index is -0.576. The number of imidazole rings is 1.